The molecule has 0 N–H and O–H groups in total. The van der Waals surface area contributed by atoms with E-state index in [4.69, 9.17) is 27.9 Å². The van der Waals surface area contributed by atoms with Crippen LogP contribution in [0.4, 0.5) is 10.1 Å². The van der Waals surface area contributed by atoms with Gasteiger partial charge in [-0.3, -0.25) is 14.9 Å². The third-order valence-corrected chi connectivity index (χ3v) is 4.39. The summed E-state index contributed by atoms with van der Waals surface area (Å²) in [5.41, 5.74) is 0.383. The van der Waals surface area contributed by atoms with E-state index < -0.39 is 10.7 Å². The van der Waals surface area contributed by atoms with Gasteiger partial charge in [-0.2, -0.15) is 0 Å². The van der Waals surface area contributed by atoms with Crippen LogP contribution in [0.3, 0.4) is 0 Å². The Kier molecular flexibility index (Phi) is 6.26. The third-order valence-electron chi connectivity index (χ3n) is 3.84. The first-order chi connectivity index (χ1) is 13.8. The molecular formula is C21H12Cl2FNO4. The summed E-state index contributed by atoms with van der Waals surface area (Å²) in [6, 6.07) is 13.8. The molecule has 0 aliphatic heterocycles. The van der Waals surface area contributed by atoms with Crippen molar-refractivity contribution in [2.75, 3.05) is 0 Å². The molecule has 0 aliphatic rings. The lowest BCUT2D eigenvalue weighted by Gasteiger charge is -2.07. The molecule has 0 atom stereocenters. The van der Waals surface area contributed by atoms with Crippen LogP contribution >= 0.6 is 23.2 Å². The number of hydrogen-bond acceptors (Lipinski definition) is 4. The zero-order valence-electron chi connectivity index (χ0n) is 14.6. The van der Waals surface area contributed by atoms with Gasteiger partial charge in [0.05, 0.1) is 9.95 Å². The highest BCUT2D eigenvalue weighted by Gasteiger charge is 2.16. The fourth-order valence-electron chi connectivity index (χ4n) is 2.45. The predicted molar refractivity (Wildman–Crippen MR) is 109 cm³/mol. The monoisotopic (exact) mass is 431 g/mol. The maximum atomic E-state index is 13.0. The lowest BCUT2D eigenvalue weighted by Crippen LogP contribution is -1.96. The van der Waals surface area contributed by atoms with E-state index in [1.807, 2.05) is 0 Å². The Morgan fingerprint density at radius 3 is 2.41 bits per heavy atom. The molecule has 3 aromatic carbocycles. The minimum Gasteiger partial charge on any atom is -0.450 e. The maximum Gasteiger partial charge on any atom is 0.312 e. The van der Waals surface area contributed by atoms with E-state index >= 15 is 0 Å². The molecule has 146 valence electrons. The van der Waals surface area contributed by atoms with Crippen molar-refractivity contribution in [2.24, 2.45) is 0 Å². The van der Waals surface area contributed by atoms with E-state index in [2.05, 4.69) is 0 Å². The molecule has 0 unspecified atom stereocenters. The molecular weight excluding hydrogens is 420 g/mol. The van der Waals surface area contributed by atoms with Crippen molar-refractivity contribution in [3.8, 4) is 11.5 Å². The Morgan fingerprint density at radius 1 is 1.03 bits per heavy atom. The summed E-state index contributed by atoms with van der Waals surface area (Å²) < 4.78 is 18.5. The van der Waals surface area contributed by atoms with E-state index in [-0.39, 0.29) is 33.6 Å². The van der Waals surface area contributed by atoms with Crippen LogP contribution in [-0.2, 0) is 0 Å². The number of hydrogen-bond donors (Lipinski definition) is 0. The Balaban J connectivity index is 1.84. The molecule has 29 heavy (non-hydrogen) atoms. The van der Waals surface area contributed by atoms with E-state index in [9.17, 15) is 19.3 Å². The molecule has 0 aliphatic carbocycles. The summed E-state index contributed by atoms with van der Waals surface area (Å²) in [5, 5.41) is 12.0. The molecule has 8 heteroatoms. The van der Waals surface area contributed by atoms with Crippen LogP contribution in [0, 0.1) is 15.9 Å². The van der Waals surface area contributed by atoms with Crippen LogP contribution in [0.2, 0.25) is 10.0 Å². The van der Waals surface area contributed by atoms with Crippen molar-refractivity contribution >= 4 is 40.7 Å². The Bertz CT molecular complexity index is 1110. The predicted octanol–water partition coefficient (Wildman–Crippen LogP) is 6.73. The molecule has 3 aromatic rings. The number of carbonyl (C=O) groups is 1. The second-order valence-electron chi connectivity index (χ2n) is 5.86. The average Bonchev–Trinajstić information content (AvgIpc) is 2.68. The number of nitro benzene ring substituents is 1. The topological polar surface area (TPSA) is 69.4 Å². The molecule has 0 bridgehead atoms. The van der Waals surface area contributed by atoms with Gasteiger partial charge in [-0.25, -0.2) is 4.39 Å². The van der Waals surface area contributed by atoms with Gasteiger partial charge in [-0.15, -0.1) is 0 Å². The second kappa shape index (κ2) is 8.86. The highest BCUT2D eigenvalue weighted by Crippen LogP contribution is 2.32. The molecule has 0 aromatic heterocycles. The fraction of sp³-hybridized carbons (Fsp3) is 0. The van der Waals surface area contributed by atoms with Crippen LogP contribution < -0.4 is 4.74 Å². The lowest BCUT2D eigenvalue weighted by molar-refractivity contribution is -0.385. The molecule has 0 saturated carbocycles. The van der Waals surface area contributed by atoms with Crippen molar-refractivity contribution in [2.45, 2.75) is 0 Å². The Hall–Kier alpha value is -3.22. The van der Waals surface area contributed by atoms with Gasteiger partial charge in [0, 0.05) is 16.7 Å². The third kappa shape index (κ3) is 5.19. The van der Waals surface area contributed by atoms with Crippen LogP contribution in [0.5, 0.6) is 11.5 Å². The van der Waals surface area contributed by atoms with Gasteiger partial charge in [-0.1, -0.05) is 35.3 Å². The van der Waals surface area contributed by atoms with Gasteiger partial charge in [0.25, 0.3) is 0 Å². The normalized spacial score (nSPS) is 10.9. The smallest absolute Gasteiger partial charge is 0.312 e. The van der Waals surface area contributed by atoms with Gasteiger partial charge in [0.1, 0.15) is 11.6 Å². The second-order valence-corrected chi connectivity index (χ2v) is 6.71. The van der Waals surface area contributed by atoms with Crippen molar-refractivity contribution in [3.63, 3.8) is 0 Å². The van der Waals surface area contributed by atoms with Gasteiger partial charge in [-0.05, 0) is 60.2 Å². The number of nitrogens with zero attached hydrogens (tertiary/aromatic N) is 1. The molecule has 0 amide bonds. The lowest BCUT2D eigenvalue weighted by atomic mass is 10.1. The van der Waals surface area contributed by atoms with Crippen LogP contribution in [0.25, 0.3) is 6.08 Å². The quantitative estimate of drug-likeness (QED) is 0.187. The van der Waals surface area contributed by atoms with Gasteiger partial charge < -0.3 is 4.74 Å². The fourth-order valence-corrected chi connectivity index (χ4v) is 2.95. The van der Waals surface area contributed by atoms with Crippen molar-refractivity contribution in [1.82, 2.24) is 0 Å². The molecule has 0 heterocycles. The summed E-state index contributed by atoms with van der Waals surface area (Å²) in [6.07, 6.45) is 2.69. The van der Waals surface area contributed by atoms with Crippen LogP contribution in [-0.4, -0.2) is 10.7 Å². The first kappa shape index (κ1) is 20.5. The van der Waals surface area contributed by atoms with Crippen LogP contribution in [0.1, 0.15) is 15.9 Å². The molecule has 0 fully saturated rings. The van der Waals surface area contributed by atoms with Crippen molar-refractivity contribution in [3.05, 3.63) is 104 Å². The summed E-state index contributed by atoms with van der Waals surface area (Å²) >= 11 is 11.8. The van der Waals surface area contributed by atoms with Crippen molar-refractivity contribution < 1.29 is 18.8 Å². The highest BCUT2D eigenvalue weighted by molar-refractivity contribution is 6.37. The summed E-state index contributed by atoms with van der Waals surface area (Å²) in [4.78, 5) is 23.1. The number of carbonyl (C=O) groups excluding carboxylic acids is 1. The van der Waals surface area contributed by atoms with Gasteiger partial charge in [0.15, 0.2) is 5.78 Å². The SMILES string of the molecule is O=C(/C=C/c1ccc(Oc2ccc(F)cc2)c([N+](=O)[O-])c1)c1ccc(Cl)cc1Cl. The number of allylic oxidation sites excluding steroid dienone is 1. The molecule has 0 radical (unpaired) electrons. The average molecular weight is 432 g/mol. The van der Waals surface area contributed by atoms with Crippen molar-refractivity contribution in [1.29, 1.82) is 0 Å². The van der Waals surface area contributed by atoms with E-state index in [0.29, 0.717) is 10.6 Å². The minimum absolute atomic E-state index is 0.00849. The molecule has 5 nitrogen and oxygen atoms in total. The van der Waals surface area contributed by atoms with Gasteiger partial charge in [0.2, 0.25) is 5.75 Å². The summed E-state index contributed by atoms with van der Waals surface area (Å²) in [5.74, 6) is -0.574. The first-order valence-electron chi connectivity index (χ1n) is 8.23. The molecule has 0 saturated heterocycles. The van der Waals surface area contributed by atoms with E-state index in [1.165, 1.54) is 60.7 Å². The number of ketones is 1. The Morgan fingerprint density at radius 2 is 1.76 bits per heavy atom. The number of halogens is 3. The van der Waals surface area contributed by atoms with Gasteiger partial charge >= 0.3 is 5.69 Å². The zero-order valence-corrected chi connectivity index (χ0v) is 16.2. The summed E-state index contributed by atoms with van der Waals surface area (Å²) in [6.45, 7) is 0. The zero-order chi connectivity index (χ0) is 21.0. The maximum absolute atomic E-state index is 13.0. The molecule has 3 rings (SSSR count). The minimum atomic E-state index is -0.603. The first-order valence-corrected chi connectivity index (χ1v) is 8.98. The van der Waals surface area contributed by atoms with E-state index in [1.54, 1.807) is 12.1 Å². The largest absolute Gasteiger partial charge is 0.450 e. The number of benzene rings is 3. The number of ether oxygens (including phenoxy) is 1. The van der Waals surface area contributed by atoms with Crippen LogP contribution in [0.15, 0.2) is 66.7 Å². The van der Waals surface area contributed by atoms with E-state index in [0.717, 1.165) is 0 Å². The standard InChI is InChI=1S/C21H12Cl2FNO4/c22-14-3-8-17(18(23)12-14)20(26)9-1-13-2-10-21(19(11-13)25(27)28)29-16-6-4-15(24)5-7-16/h1-12H/b9-1+. The number of nitro groups is 1. The highest BCUT2D eigenvalue weighted by atomic mass is 35.5. The summed E-state index contributed by atoms with van der Waals surface area (Å²) in [7, 11) is 0. The Labute approximate surface area is 175 Å². The molecule has 0 spiro atoms. The number of rotatable bonds is 6.